The number of carbonyl (C=O) groups excluding carboxylic acids is 1. The molecule has 1 aromatic carbocycles. The first kappa shape index (κ1) is 18.5. The lowest BCUT2D eigenvalue weighted by atomic mass is 10.1. The highest BCUT2D eigenvalue weighted by Gasteiger charge is 2.24. The molecule has 0 bridgehead atoms. The molecule has 1 fully saturated rings. The first-order valence-corrected chi connectivity index (χ1v) is 9.46. The van der Waals surface area contributed by atoms with Crippen LogP contribution in [-0.2, 0) is 4.79 Å². The number of likely N-dealkylation sites (tertiary alicyclic amines) is 1. The molecule has 1 aromatic heterocycles. The van der Waals surface area contributed by atoms with Gasteiger partial charge >= 0.3 is 0 Å². The van der Waals surface area contributed by atoms with Gasteiger partial charge in [-0.05, 0) is 62.7 Å². The van der Waals surface area contributed by atoms with E-state index < -0.39 is 0 Å². The van der Waals surface area contributed by atoms with Crippen molar-refractivity contribution >= 4 is 5.91 Å². The molecule has 1 saturated heterocycles. The van der Waals surface area contributed by atoms with Crippen LogP contribution in [0.2, 0.25) is 0 Å². The third-order valence-corrected chi connectivity index (χ3v) is 4.78. The summed E-state index contributed by atoms with van der Waals surface area (Å²) < 4.78 is 11.3. The summed E-state index contributed by atoms with van der Waals surface area (Å²) in [4.78, 5) is 14.6. The Bertz CT molecular complexity index is 678. The van der Waals surface area contributed by atoms with Crippen LogP contribution in [0.1, 0.15) is 43.0 Å². The maximum atomic E-state index is 12.2. The lowest BCUT2D eigenvalue weighted by Gasteiger charge is -2.33. The van der Waals surface area contributed by atoms with Gasteiger partial charge in [0.1, 0.15) is 11.5 Å². The van der Waals surface area contributed by atoms with E-state index in [4.69, 9.17) is 9.15 Å². The van der Waals surface area contributed by atoms with Crippen molar-refractivity contribution in [3.8, 4) is 5.75 Å². The Balaban J connectivity index is 1.46. The summed E-state index contributed by atoms with van der Waals surface area (Å²) in [6, 6.07) is 11.9. The van der Waals surface area contributed by atoms with E-state index in [1.165, 1.54) is 19.3 Å². The van der Waals surface area contributed by atoms with Gasteiger partial charge in [0.25, 0.3) is 0 Å². The first-order chi connectivity index (χ1) is 12.7. The fourth-order valence-corrected chi connectivity index (χ4v) is 3.39. The van der Waals surface area contributed by atoms with Gasteiger partial charge < -0.3 is 14.5 Å². The van der Waals surface area contributed by atoms with Crippen LogP contribution in [0.5, 0.6) is 5.75 Å². The third kappa shape index (κ3) is 5.36. The van der Waals surface area contributed by atoms with Gasteiger partial charge in [0.05, 0.1) is 25.3 Å². The van der Waals surface area contributed by atoms with Gasteiger partial charge in [-0.1, -0.05) is 18.6 Å². The molecular formula is C21H28N2O3. The summed E-state index contributed by atoms with van der Waals surface area (Å²) >= 11 is 0. The monoisotopic (exact) mass is 356 g/mol. The number of hydrogen-bond acceptors (Lipinski definition) is 4. The van der Waals surface area contributed by atoms with Gasteiger partial charge in [-0.15, -0.1) is 0 Å². The van der Waals surface area contributed by atoms with Crippen LogP contribution in [0.3, 0.4) is 0 Å². The second kappa shape index (κ2) is 9.43. The Morgan fingerprint density at radius 1 is 1.23 bits per heavy atom. The number of aryl methyl sites for hydroxylation is 1. The van der Waals surface area contributed by atoms with E-state index >= 15 is 0 Å². The predicted molar refractivity (Wildman–Crippen MR) is 101 cm³/mol. The van der Waals surface area contributed by atoms with Crippen LogP contribution in [0, 0.1) is 6.92 Å². The van der Waals surface area contributed by atoms with E-state index in [1.807, 2.05) is 43.3 Å². The Labute approximate surface area is 155 Å². The molecule has 140 valence electrons. The van der Waals surface area contributed by atoms with Crippen molar-refractivity contribution in [2.24, 2.45) is 0 Å². The van der Waals surface area contributed by atoms with Crippen molar-refractivity contribution < 1.29 is 13.9 Å². The topological polar surface area (TPSA) is 54.7 Å². The highest BCUT2D eigenvalue weighted by Crippen LogP contribution is 2.24. The normalized spacial score (nSPS) is 16.2. The minimum atomic E-state index is 0.00576. The van der Waals surface area contributed by atoms with Crippen LogP contribution in [0.25, 0.3) is 0 Å². The molecule has 0 spiro atoms. The molecule has 1 aliphatic rings. The standard InChI is InChI=1S/C21H28N2O3/c1-17-7-5-8-18(15-17)25-14-10-21(24)22-16-19(20-9-6-13-26-20)23-11-3-2-4-12-23/h5-9,13,15,19H,2-4,10-12,14,16H2,1H3,(H,22,24)/t19-/m1/s1. The minimum Gasteiger partial charge on any atom is -0.493 e. The van der Waals surface area contributed by atoms with E-state index in [-0.39, 0.29) is 11.9 Å². The van der Waals surface area contributed by atoms with Crippen molar-refractivity contribution in [1.29, 1.82) is 0 Å². The van der Waals surface area contributed by atoms with Crippen molar-refractivity contribution in [1.82, 2.24) is 10.2 Å². The molecule has 0 aliphatic carbocycles. The fourth-order valence-electron chi connectivity index (χ4n) is 3.39. The zero-order valence-corrected chi connectivity index (χ0v) is 15.4. The number of furan rings is 1. The number of piperidine rings is 1. The summed E-state index contributed by atoms with van der Waals surface area (Å²) in [7, 11) is 0. The number of amides is 1. The summed E-state index contributed by atoms with van der Waals surface area (Å²) in [6.45, 7) is 5.07. The molecule has 5 heteroatoms. The van der Waals surface area contributed by atoms with Gasteiger partial charge in [-0.3, -0.25) is 9.69 Å². The van der Waals surface area contributed by atoms with Gasteiger partial charge in [-0.25, -0.2) is 0 Å². The van der Waals surface area contributed by atoms with Gasteiger partial charge in [0.15, 0.2) is 0 Å². The second-order valence-corrected chi connectivity index (χ2v) is 6.85. The van der Waals surface area contributed by atoms with Gasteiger partial charge in [0.2, 0.25) is 5.91 Å². The van der Waals surface area contributed by atoms with Crippen molar-refractivity contribution in [3.63, 3.8) is 0 Å². The lowest BCUT2D eigenvalue weighted by molar-refractivity contribution is -0.121. The Morgan fingerprint density at radius 2 is 2.08 bits per heavy atom. The zero-order chi connectivity index (χ0) is 18.2. The first-order valence-electron chi connectivity index (χ1n) is 9.46. The minimum absolute atomic E-state index is 0.00576. The maximum Gasteiger partial charge on any atom is 0.223 e. The Hall–Kier alpha value is -2.27. The number of nitrogens with one attached hydrogen (secondary N) is 1. The lowest BCUT2D eigenvalue weighted by Crippen LogP contribution is -2.40. The van der Waals surface area contributed by atoms with E-state index in [9.17, 15) is 4.79 Å². The quantitative estimate of drug-likeness (QED) is 0.784. The number of rotatable bonds is 8. The van der Waals surface area contributed by atoms with Crippen LogP contribution >= 0.6 is 0 Å². The average molecular weight is 356 g/mol. The number of hydrogen-bond donors (Lipinski definition) is 1. The molecule has 0 radical (unpaired) electrons. The highest BCUT2D eigenvalue weighted by atomic mass is 16.5. The van der Waals surface area contributed by atoms with Crippen LogP contribution in [0.4, 0.5) is 0 Å². The second-order valence-electron chi connectivity index (χ2n) is 6.85. The molecule has 1 atom stereocenters. The molecule has 0 unspecified atom stereocenters. The number of ether oxygens (including phenoxy) is 1. The Kier molecular flexibility index (Phi) is 6.72. The fraction of sp³-hybridized carbons (Fsp3) is 0.476. The summed E-state index contributed by atoms with van der Waals surface area (Å²) in [5.74, 6) is 1.73. The van der Waals surface area contributed by atoms with E-state index in [1.54, 1.807) is 6.26 Å². The number of benzene rings is 1. The predicted octanol–water partition coefficient (Wildman–Crippen LogP) is 3.70. The molecule has 2 aromatic rings. The van der Waals surface area contributed by atoms with E-state index in [0.29, 0.717) is 19.6 Å². The summed E-state index contributed by atoms with van der Waals surface area (Å²) in [5.41, 5.74) is 1.15. The molecular weight excluding hydrogens is 328 g/mol. The third-order valence-electron chi connectivity index (χ3n) is 4.78. The molecule has 1 aliphatic heterocycles. The maximum absolute atomic E-state index is 12.2. The number of nitrogens with zero attached hydrogens (tertiary/aromatic N) is 1. The molecule has 2 heterocycles. The van der Waals surface area contributed by atoms with Crippen molar-refractivity contribution in [3.05, 3.63) is 54.0 Å². The molecule has 26 heavy (non-hydrogen) atoms. The summed E-state index contributed by atoms with van der Waals surface area (Å²) in [5, 5.41) is 3.05. The van der Waals surface area contributed by atoms with Gasteiger partial charge in [0, 0.05) is 6.54 Å². The molecule has 1 N–H and O–H groups in total. The smallest absolute Gasteiger partial charge is 0.223 e. The number of carbonyl (C=O) groups is 1. The highest BCUT2D eigenvalue weighted by molar-refractivity contribution is 5.76. The average Bonchev–Trinajstić information content (AvgIpc) is 3.17. The molecule has 5 nitrogen and oxygen atoms in total. The van der Waals surface area contributed by atoms with Crippen LogP contribution < -0.4 is 10.1 Å². The van der Waals surface area contributed by atoms with Crippen molar-refractivity contribution in [2.45, 2.75) is 38.6 Å². The van der Waals surface area contributed by atoms with Crippen LogP contribution in [-0.4, -0.2) is 37.0 Å². The van der Waals surface area contributed by atoms with Gasteiger partial charge in [-0.2, -0.15) is 0 Å². The zero-order valence-electron chi connectivity index (χ0n) is 15.4. The molecule has 1 amide bonds. The Morgan fingerprint density at radius 3 is 2.81 bits per heavy atom. The molecule has 0 saturated carbocycles. The van der Waals surface area contributed by atoms with E-state index in [2.05, 4.69) is 10.2 Å². The SMILES string of the molecule is Cc1cccc(OCCC(=O)NC[C@H](c2ccco2)N2CCCCC2)c1. The summed E-state index contributed by atoms with van der Waals surface area (Å²) in [6.07, 6.45) is 5.73. The largest absolute Gasteiger partial charge is 0.493 e. The van der Waals surface area contributed by atoms with Crippen LogP contribution in [0.15, 0.2) is 47.1 Å². The molecule has 3 rings (SSSR count). The van der Waals surface area contributed by atoms with Crippen molar-refractivity contribution in [2.75, 3.05) is 26.2 Å². The van der Waals surface area contributed by atoms with E-state index in [0.717, 1.165) is 30.2 Å².